The number of methoxy groups -OCH3 is 2. The van der Waals surface area contributed by atoms with Gasteiger partial charge >= 0.3 is 5.97 Å². The van der Waals surface area contributed by atoms with E-state index in [9.17, 15) is 9.59 Å². The van der Waals surface area contributed by atoms with Crippen molar-refractivity contribution in [1.29, 1.82) is 0 Å². The molecule has 0 unspecified atom stereocenters. The normalized spacial score (nSPS) is 10.7. The summed E-state index contributed by atoms with van der Waals surface area (Å²) < 4.78 is 9.66. The predicted octanol–water partition coefficient (Wildman–Crippen LogP) is 1.35. The highest BCUT2D eigenvalue weighted by Crippen LogP contribution is 2.15. The van der Waals surface area contributed by atoms with E-state index in [1.807, 2.05) is 0 Å². The van der Waals surface area contributed by atoms with Crippen molar-refractivity contribution in [2.45, 2.75) is 6.92 Å². The molecule has 0 saturated heterocycles. The highest BCUT2D eigenvalue weighted by molar-refractivity contribution is 5.97. The first-order valence-electron chi connectivity index (χ1n) is 5.28. The maximum Gasteiger partial charge on any atom is 0.354 e. The van der Waals surface area contributed by atoms with Crippen LogP contribution in [-0.2, 0) is 14.3 Å². The zero-order valence-corrected chi connectivity index (χ0v) is 10.5. The Labute approximate surface area is 105 Å². The standard InChI is InChI=1S/C13H15NO4/c1-9(15)14-12(13(16)18-3)8-10-5-4-6-11(7-10)17-2/h4-8H,1-3H3,(H,14,15)/b12-8+. The summed E-state index contributed by atoms with van der Waals surface area (Å²) in [6.45, 7) is 1.32. The number of carbonyl (C=O) groups excluding carboxylic acids is 2. The minimum atomic E-state index is -0.604. The van der Waals surface area contributed by atoms with Crippen LogP contribution in [0.2, 0.25) is 0 Å². The van der Waals surface area contributed by atoms with Crippen LogP contribution >= 0.6 is 0 Å². The molecule has 1 rings (SSSR count). The molecule has 1 aromatic carbocycles. The molecule has 1 amide bonds. The number of hydrogen-bond acceptors (Lipinski definition) is 4. The van der Waals surface area contributed by atoms with Crippen LogP contribution in [0.25, 0.3) is 6.08 Å². The Morgan fingerprint density at radius 2 is 2.00 bits per heavy atom. The molecule has 0 aromatic heterocycles. The Kier molecular flexibility index (Phi) is 4.92. The van der Waals surface area contributed by atoms with Gasteiger partial charge in [-0.25, -0.2) is 4.79 Å². The summed E-state index contributed by atoms with van der Waals surface area (Å²) >= 11 is 0. The van der Waals surface area contributed by atoms with Gasteiger partial charge in [-0.3, -0.25) is 4.79 Å². The highest BCUT2D eigenvalue weighted by Gasteiger charge is 2.11. The van der Waals surface area contributed by atoms with E-state index in [-0.39, 0.29) is 11.6 Å². The molecule has 0 atom stereocenters. The smallest absolute Gasteiger partial charge is 0.354 e. The number of benzene rings is 1. The third-order valence-corrected chi connectivity index (χ3v) is 2.12. The number of amides is 1. The van der Waals surface area contributed by atoms with Gasteiger partial charge in [0.2, 0.25) is 5.91 Å². The zero-order valence-electron chi connectivity index (χ0n) is 10.5. The molecule has 0 aliphatic carbocycles. The molecule has 0 heterocycles. The van der Waals surface area contributed by atoms with E-state index in [1.54, 1.807) is 31.4 Å². The minimum Gasteiger partial charge on any atom is -0.497 e. The Morgan fingerprint density at radius 1 is 1.28 bits per heavy atom. The van der Waals surface area contributed by atoms with Gasteiger partial charge in [-0.05, 0) is 23.8 Å². The molecule has 0 fully saturated rings. The fraction of sp³-hybridized carbons (Fsp3) is 0.231. The van der Waals surface area contributed by atoms with Crippen molar-refractivity contribution in [2.24, 2.45) is 0 Å². The molecule has 0 radical (unpaired) electrons. The molecular formula is C13H15NO4. The second-order valence-corrected chi connectivity index (χ2v) is 3.51. The average molecular weight is 249 g/mol. The largest absolute Gasteiger partial charge is 0.497 e. The maximum atomic E-state index is 11.5. The molecule has 1 N–H and O–H groups in total. The summed E-state index contributed by atoms with van der Waals surface area (Å²) in [6, 6.07) is 7.10. The first-order chi connectivity index (χ1) is 8.56. The molecule has 0 spiro atoms. The van der Waals surface area contributed by atoms with E-state index in [4.69, 9.17) is 4.74 Å². The van der Waals surface area contributed by atoms with Crippen LogP contribution in [0.5, 0.6) is 5.75 Å². The Hall–Kier alpha value is -2.30. The molecule has 0 aliphatic heterocycles. The predicted molar refractivity (Wildman–Crippen MR) is 66.8 cm³/mol. The second-order valence-electron chi connectivity index (χ2n) is 3.51. The van der Waals surface area contributed by atoms with Gasteiger partial charge in [0.1, 0.15) is 11.4 Å². The fourth-order valence-corrected chi connectivity index (χ4v) is 1.34. The van der Waals surface area contributed by atoms with E-state index in [2.05, 4.69) is 10.1 Å². The Bertz CT molecular complexity index is 480. The monoisotopic (exact) mass is 249 g/mol. The van der Waals surface area contributed by atoms with Gasteiger partial charge in [0, 0.05) is 6.92 Å². The summed E-state index contributed by atoms with van der Waals surface area (Å²) in [5.41, 5.74) is 0.807. The summed E-state index contributed by atoms with van der Waals surface area (Å²) in [4.78, 5) is 22.5. The second kappa shape index (κ2) is 6.44. The molecular weight excluding hydrogens is 234 g/mol. The van der Waals surface area contributed by atoms with Crippen LogP contribution in [0.1, 0.15) is 12.5 Å². The van der Waals surface area contributed by atoms with E-state index in [1.165, 1.54) is 20.1 Å². The first kappa shape index (κ1) is 13.8. The van der Waals surface area contributed by atoms with Crippen molar-refractivity contribution in [2.75, 3.05) is 14.2 Å². The van der Waals surface area contributed by atoms with Gasteiger partial charge in [-0.1, -0.05) is 12.1 Å². The van der Waals surface area contributed by atoms with E-state index in [0.717, 1.165) is 5.56 Å². The lowest BCUT2D eigenvalue weighted by Crippen LogP contribution is -2.25. The van der Waals surface area contributed by atoms with Gasteiger partial charge in [0.15, 0.2) is 0 Å². The van der Waals surface area contributed by atoms with Crippen LogP contribution < -0.4 is 10.1 Å². The van der Waals surface area contributed by atoms with Crippen LogP contribution in [0, 0.1) is 0 Å². The summed E-state index contributed by atoms with van der Waals surface area (Å²) in [5.74, 6) is -0.279. The third-order valence-electron chi connectivity index (χ3n) is 2.12. The molecule has 5 nitrogen and oxygen atoms in total. The van der Waals surface area contributed by atoms with Gasteiger partial charge in [0.05, 0.1) is 14.2 Å². The molecule has 0 saturated carbocycles. The molecule has 0 bridgehead atoms. The van der Waals surface area contributed by atoms with Crippen LogP contribution in [0.15, 0.2) is 30.0 Å². The van der Waals surface area contributed by atoms with Crippen molar-refractivity contribution in [1.82, 2.24) is 5.32 Å². The first-order valence-corrected chi connectivity index (χ1v) is 5.28. The van der Waals surface area contributed by atoms with E-state index >= 15 is 0 Å². The van der Waals surface area contributed by atoms with Crippen molar-refractivity contribution < 1.29 is 19.1 Å². The Morgan fingerprint density at radius 3 is 2.56 bits per heavy atom. The van der Waals surface area contributed by atoms with Crippen molar-refractivity contribution in [3.8, 4) is 5.75 Å². The average Bonchev–Trinajstić information content (AvgIpc) is 2.36. The van der Waals surface area contributed by atoms with Crippen LogP contribution in [-0.4, -0.2) is 26.1 Å². The lowest BCUT2D eigenvalue weighted by atomic mass is 10.2. The number of ether oxygens (including phenoxy) is 2. The number of esters is 1. The van der Waals surface area contributed by atoms with E-state index in [0.29, 0.717) is 5.75 Å². The van der Waals surface area contributed by atoms with E-state index < -0.39 is 5.97 Å². The lowest BCUT2D eigenvalue weighted by Gasteiger charge is -2.06. The number of rotatable bonds is 4. The number of carbonyl (C=O) groups is 2. The van der Waals surface area contributed by atoms with Crippen molar-refractivity contribution in [3.05, 3.63) is 35.5 Å². The summed E-state index contributed by atoms with van der Waals surface area (Å²) in [5, 5.41) is 2.42. The van der Waals surface area contributed by atoms with Crippen LogP contribution in [0.3, 0.4) is 0 Å². The minimum absolute atomic E-state index is 0.0817. The maximum absolute atomic E-state index is 11.5. The highest BCUT2D eigenvalue weighted by atomic mass is 16.5. The Balaban J connectivity index is 3.05. The quantitative estimate of drug-likeness (QED) is 0.646. The fourth-order valence-electron chi connectivity index (χ4n) is 1.34. The molecule has 0 aliphatic rings. The summed E-state index contributed by atoms with van der Waals surface area (Å²) in [6.07, 6.45) is 1.52. The SMILES string of the molecule is COC(=O)/C(=C\c1cccc(OC)c1)NC(C)=O. The van der Waals surface area contributed by atoms with Gasteiger partial charge < -0.3 is 14.8 Å². The van der Waals surface area contributed by atoms with Crippen molar-refractivity contribution >= 4 is 18.0 Å². The van der Waals surface area contributed by atoms with Gasteiger partial charge in [-0.15, -0.1) is 0 Å². The number of hydrogen-bond donors (Lipinski definition) is 1. The van der Waals surface area contributed by atoms with Crippen LogP contribution in [0.4, 0.5) is 0 Å². The zero-order chi connectivity index (χ0) is 13.5. The summed E-state index contributed by atoms with van der Waals surface area (Å²) in [7, 11) is 2.81. The molecule has 1 aromatic rings. The topological polar surface area (TPSA) is 64.6 Å². The molecule has 5 heteroatoms. The number of nitrogens with one attached hydrogen (secondary N) is 1. The molecule has 18 heavy (non-hydrogen) atoms. The van der Waals surface area contributed by atoms with Gasteiger partial charge in [-0.2, -0.15) is 0 Å². The van der Waals surface area contributed by atoms with Gasteiger partial charge in [0.25, 0.3) is 0 Å². The van der Waals surface area contributed by atoms with Crippen molar-refractivity contribution in [3.63, 3.8) is 0 Å². The lowest BCUT2D eigenvalue weighted by molar-refractivity contribution is -0.137. The third kappa shape index (κ3) is 3.93. The molecule has 96 valence electrons.